The van der Waals surface area contributed by atoms with E-state index in [0.717, 1.165) is 73.7 Å². The first-order chi connectivity index (χ1) is 18.8. The fraction of sp³-hybridized carbons (Fsp3) is 0.581. The fourth-order valence-electron chi connectivity index (χ4n) is 7.13. The number of fused-ring (bicyclic) bond motifs is 1. The molecule has 3 aromatic rings. The van der Waals surface area contributed by atoms with Crippen LogP contribution >= 0.6 is 0 Å². The first-order valence-corrected chi connectivity index (χ1v) is 16.7. The zero-order valence-electron chi connectivity index (χ0n) is 22.8. The van der Waals surface area contributed by atoms with E-state index in [1.54, 1.807) is 30.3 Å². The van der Waals surface area contributed by atoms with Crippen LogP contribution in [0, 0.1) is 11.7 Å². The monoisotopic (exact) mass is 550 g/mol. The highest BCUT2D eigenvalue weighted by Gasteiger charge is 2.38. The Morgan fingerprint density at radius 1 is 0.974 bits per heavy atom. The van der Waals surface area contributed by atoms with Gasteiger partial charge in [0.25, 0.3) is 0 Å². The van der Waals surface area contributed by atoms with Gasteiger partial charge >= 0.3 is 0 Å². The highest BCUT2D eigenvalue weighted by atomic mass is 32.2. The minimum atomic E-state index is -3.28. The molecule has 2 saturated heterocycles. The Bertz CT molecular complexity index is 1470. The van der Waals surface area contributed by atoms with Crippen molar-refractivity contribution in [3.63, 3.8) is 0 Å². The van der Waals surface area contributed by atoms with Crippen molar-refractivity contribution in [2.75, 3.05) is 25.9 Å². The summed E-state index contributed by atoms with van der Waals surface area (Å²) in [6.45, 7) is 3.34. The number of imidazole rings is 1. The number of halogens is 1. The fourth-order valence-corrected chi connectivity index (χ4v) is 7.76. The van der Waals surface area contributed by atoms with Crippen LogP contribution < -0.4 is 5.32 Å². The Hall–Kier alpha value is -2.29. The van der Waals surface area contributed by atoms with Crippen molar-refractivity contribution in [3.8, 4) is 11.4 Å². The van der Waals surface area contributed by atoms with E-state index in [0.29, 0.717) is 29.6 Å². The van der Waals surface area contributed by atoms with E-state index < -0.39 is 9.84 Å². The zero-order valence-corrected chi connectivity index (χ0v) is 23.6. The molecular formula is C31H39FN4O2S. The van der Waals surface area contributed by atoms with Gasteiger partial charge in [-0.3, -0.25) is 4.90 Å². The van der Waals surface area contributed by atoms with Crippen LogP contribution in [0.4, 0.5) is 4.39 Å². The van der Waals surface area contributed by atoms with Crippen LogP contribution in [0.3, 0.4) is 0 Å². The normalized spacial score (nSPS) is 25.4. The largest absolute Gasteiger partial charge is 0.321 e. The Labute approximate surface area is 230 Å². The molecule has 4 fully saturated rings. The summed E-state index contributed by atoms with van der Waals surface area (Å²) < 4.78 is 41.9. The van der Waals surface area contributed by atoms with Gasteiger partial charge in [0.15, 0.2) is 15.7 Å². The number of hydrogen-bond donors (Lipinski definition) is 1. The maximum absolute atomic E-state index is 15.7. The summed E-state index contributed by atoms with van der Waals surface area (Å²) in [5, 5.41) is 3.52. The number of likely N-dealkylation sites (tertiary alicyclic amines) is 1. The first-order valence-electron chi connectivity index (χ1n) is 14.8. The smallest absolute Gasteiger partial charge is 0.175 e. The molecule has 8 heteroatoms. The zero-order chi connectivity index (χ0) is 26.7. The highest BCUT2D eigenvalue weighted by molar-refractivity contribution is 7.90. The van der Waals surface area contributed by atoms with E-state index in [1.807, 2.05) is 0 Å². The van der Waals surface area contributed by atoms with Crippen LogP contribution in [0.5, 0.6) is 0 Å². The van der Waals surface area contributed by atoms with Crippen molar-refractivity contribution in [2.45, 2.75) is 86.7 Å². The van der Waals surface area contributed by atoms with Gasteiger partial charge in [0.2, 0.25) is 0 Å². The summed E-state index contributed by atoms with van der Waals surface area (Å²) >= 11 is 0. The molecule has 2 aromatic carbocycles. The number of nitrogens with zero attached hydrogens (tertiary/aromatic N) is 3. The molecular weight excluding hydrogens is 511 g/mol. The Kier molecular flexibility index (Phi) is 6.56. The molecule has 7 rings (SSSR count). The van der Waals surface area contributed by atoms with Gasteiger partial charge in [0.05, 0.1) is 10.4 Å². The molecule has 39 heavy (non-hydrogen) atoms. The average molecular weight is 551 g/mol. The van der Waals surface area contributed by atoms with Crippen molar-refractivity contribution in [1.82, 2.24) is 19.8 Å². The lowest BCUT2D eigenvalue weighted by molar-refractivity contribution is 0.0598. The number of benzene rings is 2. The Balaban J connectivity index is 1.22. The second-order valence-electron chi connectivity index (χ2n) is 12.5. The molecule has 1 unspecified atom stereocenters. The Morgan fingerprint density at radius 2 is 1.72 bits per heavy atom. The lowest BCUT2D eigenvalue weighted by Gasteiger charge is -2.45. The lowest BCUT2D eigenvalue weighted by atomic mass is 9.82. The van der Waals surface area contributed by atoms with Crippen LogP contribution in [0.15, 0.2) is 41.3 Å². The van der Waals surface area contributed by atoms with Crippen molar-refractivity contribution < 1.29 is 12.8 Å². The average Bonchev–Trinajstić information content (AvgIpc) is 3.88. The minimum Gasteiger partial charge on any atom is -0.321 e. The molecule has 0 amide bonds. The maximum Gasteiger partial charge on any atom is 0.175 e. The van der Waals surface area contributed by atoms with E-state index in [2.05, 4.69) is 20.9 Å². The van der Waals surface area contributed by atoms with Crippen molar-refractivity contribution in [1.29, 1.82) is 0 Å². The number of aromatic nitrogens is 2. The van der Waals surface area contributed by atoms with Crippen molar-refractivity contribution in [2.24, 2.45) is 5.92 Å². The van der Waals surface area contributed by atoms with Crippen LogP contribution in [0.2, 0.25) is 0 Å². The predicted molar refractivity (Wildman–Crippen MR) is 152 cm³/mol. The van der Waals surface area contributed by atoms with Gasteiger partial charge in [0, 0.05) is 29.9 Å². The molecule has 2 aliphatic heterocycles. The molecule has 2 aliphatic carbocycles. The van der Waals surface area contributed by atoms with E-state index in [-0.39, 0.29) is 10.7 Å². The summed E-state index contributed by atoms with van der Waals surface area (Å²) in [6.07, 6.45) is 12.0. The minimum absolute atomic E-state index is 0.240. The van der Waals surface area contributed by atoms with Crippen LogP contribution in [-0.2, 0) is 9.84 Å². The third-order valence-corrected chi connectivity index (χ3v) is 10.7. The molecule has 6 nitrogen and oxygen atoms in total. The standard InChI is InChI=1S/C31H39FN4O2S/c1-39(37,38)27-8-4-21(5-9-27)31-34-30-28(32)18-23(19-29(30)36(31)25-6-7-25)22-12-15-35(24-10-13-33-14-11-24)26(17-22)16-20-2-3-20/h4-5,8-9,18-20,22,24-26,33H,2-3,6-7,10-17H2,1H3/t22?,26-/m1/s1. The lowest BCUT2D eigenvalue weighted by Crippen LogP contribution is -2.51. The van der Waals surface area contributed by atoms with Gasteiger partial charge in [-0.25, -0.2) is 17.8 Å². The van der Waals surface area contributed by atoms with Crippen molar-refractivity contribution in [3.05, 3.63) is 47.8 Å². The van der Waals surface area contributed by atoms with Crippen LogP contribution in [0.25, 0.3) is 22.4 Å². The summed E-state index contributed by atoms with van der Waals surface area (Å²) in [7, 11) is -3.28. The molecule has 208 valence electrons. The van der Waals surface area contributed by atoms with Crippen molar-refractivity contribution >= 4 is 20.9 Å². The second-order valence-corrected chi connectivity index (χ2v) is 14.5. The molecule has 2 saturated carbocycles. The molecule has 0 spiro atoms. The number of rotatable bonds is 7. The van der Waals surface area contributed by atoms with E-state index in [9.17, 15) is 8.42 Å². The maximum atomic E-state index is 15.7. The van der Waals surface area contributed by atoms with E-state index in [4.69, 9.17) is 4.98 Å². The van der Waals surface area contributed by atoms with Gasteiger partial charge in [-0.2, -0.15) is 0 Å². The quantitative estimate of drug-likeness (QED) is 0.410. The van der Waals surface area contributed by atoms with Crippen LogP contribution in [-0.4, -0.2) is 60.8 Å². The predicted octanol–water partition coefficient (Wildman–Crippen LogP) is 5.68. The van der Waals surface area contributed by atoms with Gasteiger partial charge in [-0.05, 0) is 118 Å². The van der Waals surface area contributed by atoms with Gasteiger partial charge < -0.3 is 9.88 Å². The number of nitrogens with one attached hydrogen (secondary N) is 1. The molecule has 3 heterocycles. The molecule has 0 bridgehead atoms. The SMILES string of the molecule is CS(=O)(=O)c1ccc(-c2nc3c(F)cc(C4CCN(C5CCNCC5)[C@H](CC5CC5)C4)cc3n2C2CC2)cc1. The van der Waals surface area contributed by atoms with Gasteiger partial charge in [-0.1, -0.05) is 12.8 Å². The molecule has 2 atom stereocenters. The number of piperidine rings is 2. The van der Waals surface area contributed by atoms with E-state index >= 15 is 4.39 Å². The molecule has 4 aliphatic rings. The topological polar surface area (TPSA) is 67.2 Å². The van der Waals surface area contributed by atoms with Crippen LogP contribution in [0.1, 0.15) is 75.3 Å². The first kappa shape index (κ1) is 25.7. The molecule has 1 N–H and O–H groups in total. The molecule has 1 aromatic heterocycles. The van der Waals surface area contributed by atoms with E-state index in [1.165, 1.54) is 38.4 Å². The third kappa shape index (κ3) is 5.16. The summed E-state index contributed by atoms with van der Waals surface area (Å²) in [5.41, 5.74) is 3.25. The summed E-state index contributed by atoms with van der Waals surface area (Å²) in [5.74, 6) is 1.74. The third-order valence-electron chi connectivity index (χ3n) is 9.54. The second kappa shape index (κ2) is 9.96. The highest BCUT2D eigenvalue weighted by Crippen LogP contribution is 2.45. The summed E-state index contributed by atoms with van der Waals surface area (Å²) in [4.78, 5) is 7.88. The van der Waals surface area contributed by atoms with Gasteiger partial charge in [0.1, 0.15) is 11.3 Å². The van der Waals surface area contributed by atoms with Gasteiger partial charge in [-0.15, -0.1) is 0 Å². The molecule has 0 radical (unpaired) electrons. The number of sulfone groups is 1. The summed E-state index contributed by atoms with van der Waals surface area (Å²) in [6, 6.07) is 12.4. The number of hydrogen-bond acceptors (Lipinski definition) is 5. The Morgan fingerprint density at radius 3 is 2.38 bits per heavy atom.